The Morgan fingerprint density at radius 1 is 1.05 bits per heavy atom. The number of aliphatic hydroxyl groups is 1. The van der Waals surface area contributed by atoms with E-state index in [-0.39, 0.29) is 11.9 Å². The second kappa shape index (κ2) is 6.10. The standard InChI is InChI=1S/C18H19NO2/c20-17-12-11-16(18(21)15-9-5-2-6-10-15)19(17)13-14-7-3-1-4-8-14/h1-10,16,18,21H,11-13H2/t16-,18+/m0/s1. The molecule has 0 saturated carbocycles. The van der Waals surface area contributed by atoms with Gasteiger partial charge in [-0.25, -0.2) is 0 Å². The van der Waals surface area contributed by atoms with E-state index in [9.17, 15) is 9.90 Å². The lowest BCUT2D eigenvalue weighted by Crippen LogP contribution is -2.36. The van der Waals surface area contributed by atoms with Gasteiger partial charge in [-0.2, -0.15) is 0 Å². The Hall–Kier alpha value is -2.13. The minimum Gasteiger partial charge on any atom is -0.386 e. The predicted octanol–water partition coefficient (Wildman–Crippen LogP) is 2.91. The van der Waals surface area contributed by atoms with E-state index in [4.69, 9.17) is 0 Å². The van der Waals surface area contributed by atoms with Crippen molar-refractivity contribution in [2.45, 2.75) is 31.5 Å². The third kappa shape index (κ3) is 2.98. The quantitative estimate of drug-likeness (QED) is 0.936. The summed E-state index contributed by atoms with van der Waals surface area (Å²) in [5.74, 6) is 0.124. The molecule has 1 amide bonds. The number of hydrogen-bond donors (Lipinski definition) is 1. The molecular weight excluding hydrogens is 262 g/mol. The van der Waals surface area contributed by atoms with Crippen LogP contribution in [0.4, 0.5) is 0 Å². The van der Waals surface area contributed by atoms with E-state index in [0.29, 0.717) is 19.4 Å². The molecule has 0 aromatic heterocycles. The first-order valence-corrected chi connectivity index (χ1v) is 7.32. The van der Waals surface area contributed by atoms with Crippen molar-refractivity contribution in [3.8, 4) is 0 Å². The molecule has 3 nitrogen and oxygen atoms in total. The Morgan fingerprint density at radius 2 is 1.67 bits per heavy atom. The van der Waals surface area contributed by atoms with Crippen LogP contribution in [0.25, 0.3) is 0 Å². The van der Waals surface area contributed by atoms with Gasteiger partial charge in [-0.3, -0.25) is 4.79 Å². The number of benzene rings is 2. The summed E-state index contributed by atoms with van der Waals surface area (Å²) in [4.78, 5) is 14.0. The van der Waals surface area contributed by atoms with Crippen LogP contribution in [0.3, 0.4) is 0 Å². The lowest BCUT2D eigenvalue weighted by Gasteiger charge is -2.29. The fourth-order valence-corrected chi connectivity index (χ4v) is 2.94. The molecule has 3 heteroatoms. The molecule has 0 aliphatic carbocycles. The molecule has 108 valence electrons. The van der Waals surface area contributed by atoms with Crippen molar-refractivity contribution in [3.63, 3.8) is 0 Å². The van der Waals surface area contributed by atoms with E-state index < -0.39 is 6.10 Å². The maximum atomic E-state index is 12.1. The maximum Gasteiger partial charge on any atom is 0.223 e. The zero-order valence-electron chi connectivity index (χ0n) is 11.9. The van der Waals surface area contributed by atoms with E-state index in [2.05, 4.69) is 0 Å². The average Bonchev–Trinajstić information content (AvgIpc) is 2.90. The molecule has 1 fully saturated rings. The van der Waals surface area contributed by atoms with Crippen LogP contribution >= 0.6 is 0 Å². The van der Waals surface area contributed by atoms with Crippen molar-refractivity contribution in [3.05, 3.63) is 71.8 Å². The zero-order chi connectivity index (χ0) is 14.7. The van der Waals surface area contributed by atoms with Crippen molar-refractivity contribution in [1.29, 1.82) is 0 Å². The average molecular weight is 281 g/mol. The summed E-state index contributed by atoms with van der Waals surface area (Å²) >= 11 is 0. The number of amides is 1. The van der Waals surface area contributed by atoms with E-state index in [1.165, 1.54) is 0 Å². The summed E-state index contributed by atoms with van der Waals surface area (Å²) in [6, 6.07) is 19.4. The second-order valence-electron chi connectivity index (χ2n) is 5.47. The number of nitrogens with zero attached hydrogens (tertiary/aromatic N) is 1. The van der Waals surface area contributed by atoms with Gasteiger partial charge in [0.1, 0.15) is 0 Å². The van der Waals surface area contributed by atoms with E-state index >= 15 is 0 Å². The van der Waals surface area contributed by atoms with Crippen LogP contribution in [-0.2, 0) is 11.3 Å². The van der Waals surface area contributed by atoms with Gasteiger partial charge in [0, 0.05) is 13.0 Å². The van der Waals surface area contributed by atoms with Crippen LogP contribution in [0.5, 0.6) is 0 Å². The van der Waals surface area contributed by atoms with Crippen molar-refractivity contribution in [2.24, 2.45) is 0 Å². The van der Waals surface area contributed by atoms with Gasteiger partial charge in [0.25, 0.3) is 0 Å². The van der Waals surface area contributed by atoms with E-state index in [1.807, 2.05) is 65.6 Å². The monoisotopic (exact) mass is 281 g/mol. The van der Waals surface area contributed by atoms with Crippen LogP contribution in [0.15, 0.2) is 60.7 Å². The molecule has 0 unspecified atom stereocenters. The number of likely N-dealkylation sites (tertiary alicyclic amines) is 1. The topological polar surface area (TPSA) is 40.5 Å². The lowest BCUT2D eigenvalue weighted by molar-refractivity contribution is -0.131. The van der Waals surface area contributed by atoms with Crippen molar-refractivity contribution in [1.82, 2.24) is 4.90 Å². The van der Waals surface area contributed by atoms with Crippen LogP contribution < -0.4 is 0 Å². The number of carbonyl (C=O) groups is 1. The minimum absolute atomic E-state index is 0.124. The Balaban J connectivity index is 1.79. The lowest BCUT2D eigenvalue weighted by atomic mass is 10.00. The summed E-state index contributed by atoms with van der Waals surface area (Å²) in [5, 5.41) is 10.6. The summed E-state index contributed by atoms with van der Waals surface area (Å²) in [6.07, 6.45) is 0.602. The molecule has 1 N–H and O–H groups in total. The SMILES string of the molecule is O=C1CC[C@@H]([C@H](O)c2ccccc2)N1Cc1ccccc1. The highest BCUT2D eigenvalue weighted by molar-refractivity contribution is 5.79. The predicted molar refractivity (Wildman–Crippen MR) is 81.4 cm³/mol. The zero-order valence-corrected chi connectivity index (χ0v) is 11.9. The van der Waals surface area contributed by atoms with Gasteiger partial charge < -0.3 is 10.0 Å². The van der Waals surface area contributed by atoms with Crippen molar-refractivity contribution >= 4 is 5.91 Å². The maximum absolute atomic E-state index is 12.1. The summed E-state index contributed by atoms with van der Waals surface area (Å²) in [5.41, 5.74) is 1.97. The first-order chi connectivity index (χ1) is 10.3. The van der Waals surface area contributed by atoms with E-state index in [1.54, 1.807) is 0 Å². The van der Waals surface area contributed by atoms with Crippen LogP contribution in [0.2, 0.25) is 0 Å². The van der Waals surface area contributed by atoms with Gasteiger partial charge in [0.05, 0.1) is 12.1 Å². The molecule has 0 radical (unpaired) electrons. The molecule has 1 heterocycles. The number of aliphatic hydroxyl groups excluding tert-OH is 1. The molecule has 0 bridgehead atoms. The Kier molecular flexibility index (Phi) is 4.02. The third-order valence-corrected chi connectivity index (χ3v) is 4.08. The first kappa shape index (κ1) is 13.8. The van der Waals surface area contributed by atoms with Crippen LogP contribution in [0.1, 0.15) is 30.1 Å². The third-order valence-electron chi connectivity index (χ3n) is 4.08. The molecule has 2 atom stereocenters. The molecule has 1 aliphatic heterocycles. The van der Waals surface area contributed by atoms with Gasteiger partial charge in [-0.15, -0.1) is 0 Å². The largest absolute Gasteiger partial charge is 0.386 e. The normalized spacial score (nSPS) is 19.8. The Morgan fingerprint density at radius 3 is 2.33 bits per heavy atom. The highest BCUT2D eigenvalue weighted by Gasteiger charge is 2.36. The summed E-state index contributed by atoms with van der Waals surface area (Å²) < 4.78 is 0. The first-order valence-electron chi connectivity index (χ1n) is 7.32. The van der Waals surface area contributed by atoms with Gasteiger partial charge in [-0.1, -0.05) is 60.7 Å². The Labute approximate surface area is 124 Å². The highest BCUT2D eigenvalue weighted by Crippen LogP contribution is 2.31. The smallest absolute Gasteiger partial charge is 0.223 e. The number of hydrogen-bond acceptors (Lipinski definition) is 2. The Bertz CT molecular complexity index is 597. The van der Waals surface area contributed by atoms with Crippen molar-refractivity contribution < 1.29 is 9.90 Å². The fourth-order valence-electron chi connectivity index (χ4n) is 2.94. The second-order valence-corrected chi connectivity index (χ2v) is 5.47. The van der Waals surface area contributed by atoms with Gasteiger partial charge in [0.2, 0.25) is 5.91 Å². The molecule has 0 spiro atoms. The molecule has 21 heavy (non-hydrogen) atoms. The minimum atomic E-state index is -0.624. The summed E-state index contributed by atoms with van der Waals surface area (Å²) in [7, 11) is 0. The van der Waals surface area contributed by atoms with Gasteiger partial charge in [-0.05, 0) is 17.5 Å². The molecular formula is C18H19NO2. The number of carbonyl (C=O) groups excluding carboxylic acids is 1. The van der Waals surface area contributed by atoms with Crippen LogP contribution in [-0.4, -0.2) is 22.0 Å². The fraction of sp³-hybridized carbons (Fsp3) is 0.278. The molecule has 1 aliphatic rings. The van der Waals surface area contributed by atoms with Gasteiger partial charge >= 0.3 is 0 Å². The highest BCUT2D eigenvalue weighted by atomic mass is 16.3. The van der Waals surface area contributed by atoms with Crippen LogP contribution in [0, 0.1) is 0 Å². The molecule has 1 saturated heterocycles. The molecule has 2 aromatic rings. The summed E-state index contributed by atoms with van der Waals surface area (Å²) in [6.45, 7) is 0.564. The molecule has 3 rings (SSSR count). The van der Waals surface area contributed by atoms with Gasteiger partial charge in [0.15, 0.2) is 0 Å². The van der Waals surface area contributed by atoms with E-state index in [0.717, 1.165) is 11.1 Å². The van der Waals surface area contributed by atoms with Crippen molar-refractivity contribution in [2.75, 3.05) is 0 Å². The number of rotatable bonds is 4. The molecule has 2 aromatic carbocycles.